The molecule has 0 N–H and O–H groups in total. The van der Waals surface area contributed by atoms with Crippen molar-refractivity contribution in [2.45, 2.75) is 19.8 Å². The Kier molecular flexibility index (Phi) is 5.58. The highest BCUT2D eigenvalue weighted by molar-refractivity contribution is 7.94. The van der Waals surface area contributed by atoms with Crippen molar-refractivity contribution in [3.8, 4) is 17.6 Å². The molecule has 1 aromatic rings. The van der Waals surface area contributed by atoms with Gasteiger partial charge in [-0.15, -0.1) is 0 Å². The largest absolute Gasteiger partial charge is 0.492 e. The topological polar surface area (TPSA) is 42.2 Å². The first-order valence-corrected chi connectivity index (χ1v) is 6.34. The second-order valence-corrected chi connectivity index (χ2v) is 3.72. The first kappa shape index (κ1) is 12.7. The van der Waals surface area contributed by atoms with Gasteiger partial charge in [0.25, 0.3) is 0 Å². The van der Waals surface area contributed by atoms with E-state index >= 15 is 0 Å². The molecule has 0 heterocycles. The lowest BCUT2D eigenvalue weighted by molar-refractivity contribution is 0.308. The van der Waals surface area contributed by atoms with E-state index in [0.29, 0.717) is 23.7 Å². The van der Waals surface area contributed by atoms with Crippen molar-refractivity contribution in [3.05, 3.63) is 23.8 Å². The Morgan fingerprint density at radius 2 is 2.25 bits per heavy atom. The molecule has 0 atom stereocenters. The zero-order chi connectivity index (χ0) is 11.8. The normalized spacial score (nSPS) is 9.56. The number of unbranched alkanes of at least 4 members (excludes halogenated alkanes) is 1. The van der Waals surface area contributed by atoms with Gasteiger partial charge in [0.2, 0.25) is 0 Å². The fourth-order valence-corrected chi connectivity index (χ4v) is 1.49. The zero-order valence-electron chi connectivity index (χ0n) is 9.53. The van der Waals surface area contributed by atoms with Crippen LogP contribution in [0, 0.1) is 11.3 Å². The summed E-state index contributed by atoms with van der Waals surface area (Å²) in [5.74, 6) is 1.31. The smallest absolute Gasteiger partial charge is 0.141 e. The molecule has 4 heteroatoms. The zero-order valence-corrected chi connectivity index (χ0v) is 10.3. The van der Waals surface area contributed by atoms with Crippen LogP contribution < -0.4 is 8.92 Å². The van der Waals surface area contributed by atoms with E-state index in [1.54, 1.807) is 18.2 Å². The molecule has 0 aromatic heterocycles. The van der Waals surface area contributed by atoms with E-state index in [4.69, 9.17) is 14.2 Å². The van der Waals surface area contributed by atoms with Crippen LogP contribution in [0.1, 0.15) is 25.3 Å². The molecule has 0 unspecified atom stereocenters. The van der Waals surface area contributed by atoms with Crippen LogP contribution in [0.5, 0.6) is 11.5 Å². The average molecular weight is 237 g/mol. The molecule has 1 aromatic carbocycles. The number of hydrogen-bond acceptors (Lipinski definition) is 4. The minimum absolute atomic E-state index is 0.546. The summed E-state index contributed by atoms with van der Waals surface area (Å²) in [7, 11) is 0. The molecule has 0 saturated carbocycles. The van der Waals surface area contributed by atoms with Gasteiger partial charge >= 0.3 is 0 Å². The summed E-state index contributed by atoms with van der Waals surface area (Å²) >= 11 is 1.27. The van der Waals surface area contributed by atoms with Gasteiger partial charge < -0.3 is 8.92 Å². The predicted octanol–water partition coefficient (Wildman–Crippen LogP) is 3.39. The van der Waals surface area contributed by atoms with Gasteiger partial charge in [0.1, 0.15) is 17.6 Å². The summed E-state index contributed by atoms with van der Waals surface area (Å²) in [4.78, 5) is 0. The van der Waals surface area contributed by atoms with Crippen LogP contribution in [-0.4, -0.2) is 12.9 Å². The molecule has 0 radical (unpaired) electrons. The molecule has 0 amide bonds. The van der Waals surface area contributed by atoms with E-state index in [-0.39, 0.29) is 0 Å². The quantitative estimate of drug-likeness (QED) is 0.562. The van der Waals surface area contributed by atoms with Crippen LogP contribution in [-0.2, 0) is 0 Å². The van der Waals surface area contributed by atoms with Gasteiger partial charge in [0.15, 0.2) is 0 Å². The molecule has 0 bridgehead atoms. The summed E-state index contributed by atoms with van der Waals surface area (Å²) in [6, 6.07) is 7.34. The first-order valence-electron chi connectivity index (χ1n) is 5.19. The van der Waals surface area contributed by atoms with Crippen LogP contribution in [0.15, 0.2) is 18.2 Å². The Bertz CT molecular complexity index is 374. The van der Waals surface area contributed by atoms with Gasteiger partial charge in [-0.3, -0.25) is 0 Å². The monoisotopic (exact) mass is 237 g/mol. The third kappa shape index (κ3) is 3.67. The van der Waals surface area contributed by atoms with Crippen molar-refractivity contribution in [1.82, 2.24) is 0 Å². The van der Waals surface area contributed by atoms with Gasteiger partial charge in [-0.05, 0) is 18.6 Å². The molecule has 0 aliphatic heterocycles. The molecular formula is C12H15NO2S. The third-order valence-electron chi connectivity index (χ3n) is 2.01. The maximum Gasteiger partial charge on any atom is 0.141 e. The van der Waals surface area contributed by atoms with E-state index in [1.165, 1.54) is 12.0 Å². The maximum absolute atomic E-state index is 8.92. The van der Waals surface area contributed by atoms with Gasteiger partial charge in [0, 0.05) is 12.3 Å². The molecular weight excluding hydrogens is 222 g/mol. The number of rotatable bonds is 6. The second kappa shape index (κ2) is 7.02. The lowest BCUT2D eigenvalue weighted by atomic mass is 10.2. The molecule has 0 spiro atoms. The van der Waals surface area contributed by atoms with E-state index in [0.717, 1.165) is 12.8 Å². The van der Waals surface area contributed by atoms with Crippen molar-refractivity contribution in [2.75, 3.05) is 12.9 Å². The third-order valence-corrected chi connectivity index (χ3v) is 2.37. The number of nitriles is 1. The first-order chi connectivity index (χ1) is 7.81. The highest BCUT2D eigenvalue weighted by atomic mass is 32.2. The van der Waals surface area contributed by atoms with Crippen molar-refractivity contribution >= 4 is 12.0 Å². The van der Waals surface area contributed by atoms with Crippen molar-refractivity contribution in [2.24, 2.45) is 0 Å². The minimum atomic E-state index is 0.546. The average Bonchev–Trinajstić information content (AvgIpc) is 2.30. The Balaban J connectivity index is 2.77. The van der Waals surface area contributed by atoms with Crippen molar-refractivity contribution in [3.63, 3.8) is 0 Å². The Labute approximate surface area is 101 Å². The SMILES string of the molecule is CCCCOc1cc(OSC)ccc1C#N. The summed E-state index contributed by atoms with van der Waals surface area (Å²) in [6.07, 6.45) is 3.90. The van der Waals surface area contributed by atoms with Crippen LogP contribution >= 0.6 is 12.0 Å². The van der Waals surface area contributed by atoms with Gasteiger partial charge in [-0.2, -0.15) is 5.26 Å². The number of hydrogen-bond donors (Lipinski definition) is 0. The van der Waals surface area contributed by atoms with Crippen molar-refractivity contribution < 1.29 is 8.92 Å². The van der Waals surface area contributed by atoms with Crippen LogP contribution in [0.4, 0.5) is 0 Å². The van der Waals surface area contributed by atoms with Crippen LogP contribution in [0.25, 0.3) is 0 Å². The number of ether oxygens (including phenoxy) is 1. The number of nitrogens with zero attached hydrogens (tertiary/aromatic N) is 1. The molecule has 0 aliphatic rings. The Morgan fingerprint density at radius 1 is 1.44 bits per heavy atom. The van der Waals surface area contributed by atoms with E-state index in [9.17, 15) is 0 Å². The Hall–Kier alpha value is -1.34. The van der Waals surface area contributed by atoms with Gasteiger partial charge in [-0.25, -0.2) is 0 Å². The van der Waals surface area contributed by atoms with Gasteiger partial charge in [0.05, 0.1) is 24.2 Å². The van der Waals surface area contributed by atoms with E-state index < -0.39 is 0 Å². The van der Waals surface area contributed by atoms with Crippen molar-refractivity contribution in [1.29, 1.82) is 5.26 Å². The molecule has 86 valence electrons. The molecule has 0 saturated heterocycles. The summed E-state index contributed by atoms with van der Waals surface area (Å²) in [5, 5.41) is 8.92. The van der Waals surface area contributed by atoms with Crippen LogP contribution in [0.3, 0.4) is 0 Å². The molecule has 0 fully saturated rings. The standard InChI is InChI=1S/C12H15NO2S/c1-3-4-7-14-12-8-11(15-16-2)6-5-10(12)9-13/h5-6,8H,3-4,7H2,1-2H3. The maximum atomic E-state index is 8.92. The highest BCUT2D eigenvalue weighted by Gasteiger charge is 2.05. The van der Waals surface area contributed by atoms with Gasteiger partial charge in [-0.1, -0.05) is 13.3 Å². The minimum Gasteiger partial charge on any atom is -0.492 e. The fourth-order valence-electron chi connectivity index (χ4n) is 1.19. The lowest BCUT2D eigenvalue weighted by Crippen LogP contribution is -1.98. The predicted molar refractivity (Wildman–Crippen MR) is 65.7 cm³/mol. The molecule has 3 nitrogen and oxygen atoms in total. The summed E-state index contributed by atoms with van der Waals surface area (Å²) in [6.45, 7) is 2.73. The number of benzene rings is 1. The fraction of sp³-hybridized carbons (Fsp3) is 0.417. The second-order valence-electron chi connectivity index (χ2n) is 3.22. The van der Waals surface area contributed by atoms with E-state index in [2.05, 4.69) is 13.0 Å². The molecule has 16 heavy (non-hydrogen) atoms. The molecule has 1 rings (SSSR count). The molecule has 0 aliphatic carbocycles. The summed E-state index contributed by atoms with van der Waals surface area (Å²) < 4.78 is 10.8. The highest BCUT2D eigenvalue weighted by Crippen LogP contribution is 2.26. The van der Waals surface area contributed by atoms with Crippen LogP contribution in [0.2, 0.25) is 0 Å². The summed E-state index contributed by atoms with van der Waals surface area (Å²) in [5.41, 5.74) is 0.546. The Morgan fingerprint density at radius 3 is 2.88 bits per heavy atom. The lowest BCUT2D eigenvalue weighted by Gasteiger charge is -2.08. The van der Waals surface area contributed by atoms with E-state index in [1.807, 2.05) is 6.26 Å².